The summed E-state index contributed by atoms with van der Waals surface area (Å²) in [6.45, 7) is 3.27. The third-order valence-electron chi connectivity index (χ3n) is 3.67. The van der Waals surface area contributed by atoms with Crippen molar-refractivity contribution in [2.75, 3.05) is 6.54 Å². The van der Waals surface area contributed by atoms with E-state index in [0.29, 0.717) is 0 Å². The van der Waals surface area contributed by atoms with E-state index in [-0.39, 0.29) is 24.0 Å². The van der Waals surface area contributed by atoms with Gasteiger partial charge in [-0.1, -0.05) is 6.42 Å². The quantitative estimate of drug-likeness (QED) is 0.683. The monoisotopic (exact) mass is 205 g/mol. The summed E-state index contributed by atoms with van der Waals surface area (Å²) in [4.78, 5) is 0. The Morgan fingerprint density at radius 3 is 2.46 bits per heavy atom. The summed E-state index contributed by atoms with van der Waals surface area (Å²) in [7, 11) is 0. The molecule has 1 saturated heterocycles. The summed E-state index contributed by atoms with van der Waals surface area (Å²) in [5.41, 5.74) is 0.246. The fourth-order valence-corrected chi connectivity index (χ4v) is 2.54. The van der Waals surface area contributed by atoms with Crippen molar-refractivity contribution < 1.29 is 5.11 Å². The van der Waals surface area contributed by atoms with Crippen LogP contribution in [-0.4, -0.2) is 23.3 Å². The van der Waals surface area contributed by atoms with Gasteiger partial charge in [0.15, 0.2) is 0 Å². The molecule has 2 rings (SSSR count). The van der Waals surface area contributed by atoms with E-state index in [1.165, 1.54) is 19.3 Å². The maximum atomic E-state index is 9.57. The molecule has 78 valence electrons. The van der Waals surface area contributed by atoms with Crippen molar-refractivity contribution in [3.05, 3.63) is 0 Å². The van der Waals surface area contributed by atoms with Crippen LogP contribution in [0.1, 0.15) is 39.0 Å². The minimum Gasteiger partial charge on any atom is -0.393 e. The topological polar surface area (TPSA) is 32.3 Å². The molecule has 0 amide bonds. The van der Waals surface area contributed by atoms with Crippen LogP contribution in [0.25, 0.3) is 0 Å². The Morgan fingerprint density at radius 1 is 1.31 bits per heavy atom. The van der Waals surface area contributed by atoms with E-state index in [2.05, 4.69) is 12.2 Å². The predicted molar refractivity (Wildman–Crippen MR) is 56.2 cm³/mol. The Hall–Kier alpha value is 0.210. The minimum atomic E-state index is -0.0585. The summed E-state index contributed by atoms with van der Waals surface area (Å²) < 4.78 is 0. The maximum Gasteiger partial charge on any atom is 0.0569 e. The lowest BCUT2D eigenvalue weighted by atomic mass is 9.68. The molecule has 0 aromatic heterocycles. The maximum absolute atomic E-state index is 9.57. The number of rotatable bonds is 1. The van der Waals surface area contributed by atoms with Crippen LogP contribution in [0.15, 0.2) is 0 Å². The van der Waals surface area contributed by atoms with Crippen LogP contribution in [0.2, 0.25) is 0 Å². The second kappa shape index (κ2) is 4.16. The van der Waals surface area contributed by atoms with Gasteiger partial charge in [0.2, 0.25) is 0 Å². The van der Waals surface area contributed by atoms with Crippen molar-refractivity contribution >= 4 is 12.4 Å². The van der Waals surface area contributed by atoms with Crippen LogP contribution in [0.5, 0.6) is 0 Å². The fourth-order valence-electron chi connectivity index (χ4n) is 2.54. The van der Waals surface area contributed by atoms with E-state index >= 15 is 0 Å². The smallest absolute Gasteiger partial charge is 0.0569 e. The molecular weight excluding hydrogens is 186 g/mol. The molecule has 0 aromatic rings. The average molecular weight is 206 g/mol. The molecule has 2 N–H and O–H groups in total. The SMILES string of the molecule is CC1(C2CCC2)CC(O)CCN1.Cl. The molecule has 3 heteroatoms. The van der Waals surface area contributed by atoms with Crippen molar-refractivity contribution in [1.82, 2.24) is 5.32 Å². The predicted octanol–water partition coefficient (Wildman–Crippen LogP) is 1.71. The van der Waals surface area contributed by atoms with E-state index in [4.69, 9.17) is 0 Å². The van der Waals surface area contributed by atoms with E-state index in [0.717, 1.165) is 25.3 Å². The molecule has 1 aliphatic carbocycles. The number of nitrogens with one attached hydrogen (secondary N) is 1. The van der Waals surface area contributed by atoms with Gasteiger partial charge >= 0.3 is 0 Å². The van der Waals surface area contributed by atoms with Crippen LogP contribution >= 0.6 is 12.4 Å². The molecule has 0 bridgehead atoms. The van der Waals surface area contributed by atoms with Gasteiger partial charge in [-0.05, 0) is 45.1 Å². The summed E-state index contributed by atoms with van der Waals surface area (Å²) in [6, 6.07) is 0. The summed E-state index contributed by atoms with van der Waals surface area (Å²) >= 11 is 0. The average Bonchev–Trinajstić information content (AvgIpc) is 1.79. The lowest BCUT2D eigenvalue weighted by molar-refractivity contribution is 0.0322. The van der Waals surface area contributed by atoms with Gasteiger partial charge in [0.1, 0.15) is 0 Å². The van der Waals surface area contributed by atoms with Crippen LogP contribution in [0.4, 0.5) is 0 Å². The lowest BCUT2D eigenvalue weighted by Gasteiger charge is -2.47. The molecule has 2 fully saturated rings. The first-order valence-electron chi connectivity index (χ1n) is 5.14. The molecule has 0 radical (unpaired) electrons. The van der Waals surface area contributed by atoms with Gasteiger partial charge in [-0.15, -0.1) is 12.4 Å². The highest BCUT2D eigenvalue weighted by Gasteiger charge is 2.40. The first kappa shape index (κ1) is 11.3. The number of halogens is 1. The molecule has 1 heterocycles. The first-order valence-corrected chi connectivity index (χ1v) is 5.14. The van der Waals surface area contributed by atoms with Crippen molar-refractivity contribution in [3.63, 3.8) is 0 Å². The lowest BCUT2D eigenvalue weighted by Crippen LogP contribution is -2.56. The molecule has 2 nitrogen and oxygen atoms in total. The van der Waals surface area contributed by atoms with Gasteiger partial charge in [-0.2, -0.15) is 0 Å². The van der Waals surface area contributed by atoms with Crippen LogP contribution in [-0.2, 0) is 0 Å². The van der Waals surface area contributed by atoms with E-state index in [1.54, 1.807) is 0 Å². The number of piperidine rings is 1. The zero-order valence-corrected chi connectivity index (χ0v) is 9.07. The summed E-state index contributed by atoms with van der Waals surface area (Å²) in [5, 5.41) is 13.1. The molecule has 2 unspecified atom stereocenters. The van der Waals surface area contributed by atoms with Gasteiger partial charge in [-0.25, -0.2) is 0 Å². The highest BCUT2D eigenvalue weighted by atomic mass is 35.5. The second-order valence-corrected chi connectivity index (χ2v) is 4.62. The van der Waals surface area contributed by atoms with Crippen molar-refractivity contribution in [1.29, 1.82) is 0 Å². The van der Waals surface area contributed by atoms with Crippen molar-refractivity contribution in [2.45, 2.75) is 50.7 Å². The Morgan fingerprint density at radius 2 is 2.00 bits per heavy atom. The summed E-state index contributed by atoms with van der Waals surface area (Å²) in [6.07, 6.45) is 5.93. The Labute approximate surface area is 86.5 Å². The van der Waals surface area contributed by atoms with Crippen LogP contribution in [0, 0.1) is 5.92 Å². The van der Waals surface area contributed by atoms with E-state index < -0.39 is 0 Å². The van der Waals surface area contributed by atoms with Gasteiger partial charge in [0, 0.05) is 5.54 Å². The van der Waals surface area contributed by atoms with Gasteiger partial charge in [0.05, 0.1) is 6.10 Å². The first-order chi connectivity index (χ1) is 5.71. The minimum absolute atomic E-state index is 0. The summed E-state index contributed by atoms with van der Waals surface area (Å²) in [5.74, 6) is 0.826. The molecule has 0 spiro atoms. The zero-order valence-electron chi connectivity index (χ0n) is 8.25. The molecule has 1 saturated carbocycles. The van der Waals surface area contributed by atoms with Gasteiger partial charge in [-0.3, -0.25) is 0 Å². The third kappa shape index (κ3) is 2.17. The third-order valence-corrected chi connectivity index (χ3v) is 3.67. The second-order valence-electron chi connectivity index (χ2n) is 4.62. The van der Waals surface area contributed by atoms with Gasteiger partial charge in [0.25, 0.3) is 0 Å². The van der Waals surface area contributed by atoms with Crippen LogP contribution in [0.3, 0.4) is 0 Å². The Bertz CT molecular complexity index is 172. The van der Waals surface area contributed by atoms with Crippen LogP contribution < -0.4 is 5.32 Å². The number of aliphatic hydroxyl groups excluding tert-OH is 1. The highest BCUT2D eigenvalue weighted by molar-refractivity contribution is 5.85. The number of hydrogen-bond donors (Lipinski definition) is 2. The number of hydrogen-bond acceptors (Lipinski definition) is 2. The standard InChI is InChI=1S/C10H19NO.ClH/c1-10(8-3-2-4-8)7-9(12)5-6-11-10;/h8-9,11-12H,2-7H2,1H3;1H. The fraction of sp³-hybridized carbons (Fsp3) is 1.00. The molecule has 13 heavy (non-hydrogen) atoms. The zero-order chi connectivity index (χ0) is 8.60. The Kier molecular flexibility index (Phi) is 3.61. The normalized spacial score (nSPS) is 40.6. The van der Waals surface area contributed by atoms with E-state index in [1.807, 2.05) is 0 Å². The van der Waals surface area contributed by atoms with Crippen molar-refractivity contribution in [3.8, 4) is 0 Å². The molecule has 1 aliphatic heterocycles. The van der Waals surface area contributed by atoms with Crippen molar-refractivity contribution in [2.24, 2.45) is 5.92 Å². The molecule has 2 atom stereocenters. The van der Waals surface area contributed by atoms with E-state index in [9.17, 15) is 5.11 Å². The van der Waals surface area contributed by atoms with Gasteiger partial charge < -0.3 is 10.4 Å². The largest absolute Gasteiger partial charge is 0.393 e. The Balaban J connectivity index is 0.000000845. The molecular formula is C10H20ClNO. The molecule has 0 aromatic carbocycles. The number of aliphatic hydroxyl groups is 1. The highest BCUT2D eigenvalue weighted by Crippen LogP contribution is 2.40. The molecule has 2 aliphatic rings.